The SMILES string of the molecule is COC(=O)[C@H]1CCSC[C@@H]1N. The third-order valence-electron chi connectivity index (χ3n) is 1.90. The Morgan fingerprint density at radius 1 is 1.73 bits per heavy atom. The number of nitrogens with two attached hydrogens (primary N) is 1. The van der Waals surface area contributed by atoms with E-state index in [-0.39, 0.29) is 17.9 Å². The van der Waals surface area contributed by atoms with Crippen LogP contribution in [0.25, 0.3) is 0 Å². The van der Waals surface area contributed by atoms with Gasteiger partial charge in [-0.15, -0.1) is 0 Å². The van der Waals surface area contributed by atoms with Gasteiger partial charge in [0.2, 0.25) is 0 Å². The van der Waals surface area contributed by atoms with Crippen molar-refractivity contribution in [2.75, 3.05) is 18.6 Å². The molecule has 2 atom stereocenters. The standard InChI is InChI=1S/C7H13NO2S/c1-10-7(9)5-2-3-11-4-6(5)8/h5-6H,2-4,8H2,1H3/t5-,6-/m0/s1. The molecule has 64 valence electrons. The van der Waals surface area contributed by atoms with Gasteiger partial charge in [-0.05, 0) is 12.2 Å². The van der Waals surface area contributed by atoms with Gasteiger partial charge in [-0.1, -0.05) is 0 Å². The van der Waals surface area contributed by atoms with E-state index >= 15 is 0 Å². The van der Waals surface area contributed by atoms with Crippen molar-refractivity contribution in [3.63, 3.8) is 0 Å². The first-order valence-electron chi connectivity index (χ1n) is 3.67. The zero-order valence-electron chi connectivity index (χ0n) is 6.58. The molecule has 2 N–H and O–H groups in total. The first-order chi connectivity index (χ1) is 5.25. The highest BCUT2D eigenvalue weighted by molar-refractivity contribution is 7.99. The van der Waals surface area contributed by atoms with Crippen LogP contribution >= 0.6 is 11.8 Å². The normalized spacial score (nSPS) is 31.5. The van der Waals surface area contributed by atoms with Crippen molar-refractivity contribution in [2.24, 2.45) is 11.7 Å². The van der Waals surface area contributed by atoms with E-state index in [1.165, 1.54) is 7.11 Å². The molecule has 1 aliphatic rings. The van der Waals surface area contributed by atoms with Gasteiger partial charge in [0, 0.05) is 11.8 Å². The molecule has 11 heavy (non-hydrogen) atoms. The van der Waals surface area contributed by atoms with Crippen LogP contribution in [0.2, 0.25) is 0 Å². The Kier molecular flexibility index (Phi) is 3.20. The minimum atomic E-state index is -0.155. The molecule has 3 nitrogen and oxygen atoms in total. The Balaban J connectivity index is 2.47. The number of carbonyl (C=O) groups excluding carboxylic acids is 1. The fourth-order valence-electron chi connectivity index (χ4n) is 1.20. The van der Waals surface area contributed by atoms with Gasteiger partial charge in [0.25, 0.3) is 0 Å². The molecule has 0 saturated carbocycles. The van der Waals surface area contributed by atoms with Crippen LogP contribution in [0, 0.1) is 5.92 Å². The van der Waals surface area contributed by atoms with Gasteiger partial charge in [-0.3, -0.25) is 4.79 Å². The van der Waals surface area contributed by atoms with Crippen LogP contribution in [0.3, 0.4) is 0 Å². The topological polar surface area (TPSA) is 52.3 Å². The highest BCUT2D eigenvalue weighted by Gasteiger charge is 2.28. The molecule has 1 heterocycles. The average Bonchev–Trinajstić information content (AvgIpc) is 2.04. The van der Waals surface area contributed by atoms with E-state index < -0.39 is 0 Å². The summed E-state index contributed by atoms with van der Waals surface area (Å²) in [4.78, 5) is 11.1. The second kappa shape index (κ2) is 3.97. The summed E-state index contributed by atoms with van der Waals surface area (Å²) in [5.41, 5.74) is 5.73. The largest absolute Gasteiger partial charge is 0.469 e. The molecule has 0 spiro atoms. The number of thioether (sulfide) groups is 1. The van der Waals surface area contributed by atoms with Crippen molar-refractivity contribution in [1.29, 1.82) is 0 Å². The summed E-state index contributed by atoms with van der Waals surface area (Å²) in [6.45, 7) is 0. The number of ether oxygens (including phenoxy) is 1. The lowest BCUT2D eigenvalue weighted by Crippen LogP contribution is -2.41. The fourth-order valence-corrected chi connectivity index (χ4v) is 2.30. The van der Waals surface area contributed by atoms with E-state index in [4.69, 9.17) is 5.73 Å². The molecule has 4 heteroatoms. The van der Waals surface area contributed by atoms with Crippen LogP contribution in [-0.2, 0) is 9.53 Å². The van der Waals surface area contributed by atoms with E-state index in [0.29, 0.717) is 0 Å². The number of esters is 1. The molecule has 1 fully saturated rings. The first kappa shape index (κ1) is 8.87. The van der Waals surface area contributed by atoms with Crippen molar-refractivity contribution in [3.8, 4) is 0 Å². The number of rotatable bonds is 1. The maximum atomic E-state index is 11.1. The highest BCUT2D eigenvalue weighted by atomic mass is 32.2. The smallest absolute Gasteiger partial charge is 0.310 e. The van der Waals surface area contributed by atoms with Gasteiger partial charge in [-0.25, -0.2) is 0 Å². The summed E-state index contributed by atoms with van der Waals surface area (Å²) in [6.07, 6.45) is 0.860. The second-order valence-electron chi connectivity index (χ2n) is 2.66. The van der Waals surface area contributed by atoms with E-state index in [2.05, 4.69) is 4.74 Å². The van der Waals surface area contributed by atoms with Gasteiger partial charge in [0.1, 0.15) is 0 Å². The van der Waals surface area contributed by atoms with Crippen molar-refractivity contribution < 1.29 is 9.53 Å². The van der Waals surface area contributed by atoms with Crippen molar-refractivity contribution in [2.45, 2.75) is 12.5 Å². The number of methoxy groups -OCH3 is 1. The van der Waals surface area contributed by atoms with E-state index in [0.717, 1.165) is 17.9 Å². The Hall–Kier alpha value is -0.220. The highest BCUT2D eigenvalue weighted by Crippen LogP contribution is 2.22. The summed E-state index contributed by atoms with van der Waals surface area (Å²) in [7, 11) is 1.41. The number of hydrogen-bond acceptors (Lipinski definition) is 4. The minimum absolute atomic E-state index is 0.0128. The predicted molar refractivity (Wildman–Crippen MR) is 45.4 cm³/mol. The summed E-state index contributed by atoms with van der Waals surface area (Å²) in [5, 5.41) is 0. The molecule has 0 aromatic heterocycles. The minimum Gasteiger partial charge on any atom is -0.469 e. The third kappa shape index (κ3) is 2.10. The predicted octanol–water partition coefficient (Wildman–Crippen LogP) is 0.240. The van der Waals surface area contributed by atoms with E-state index in [1.54, 1.807) is 11.8 Å². The van der Waals surface area contributed by atoms with Crippen molar-refractivity contribution in [1.82, 2.24) is 0 Å². The first-order valence-corrected chi connectivity index (χ1v) is 4.82. The summed E-state index contributed by atoms with van der Waals surface area (Å²) < 4.78 is 4.63. The third-order valence-corrected chi connectivity index (χ3v) is 3.05. The quantitative estimate of drug-likeness (QED) is 0.580. The molecule has 1 saturated heterocycles. The lowest BCUT2D eigenvalue weighted by atomic mass is 9.99. The Labute approximate surface area is 70.7 Å². The van der Waals surface area contributed by atoms with Crippen LogP contribution in [0.1, 0.15) is 6.42 Å². The van der Waals surface area contributed by atoms with Crippen LogP contribution in [-0.4, -0.2) is 30.6 Å². The molecule has 1 rings (SSSR count). The van der Waals surface area contributed by atoms with Crippen LogP contribution in [0.15, 0.2) is 0 Å². The zero-order valence-corrected chi connectivity index (χ0v) is 7.39. The van der Waals surface area contributed by atoms with Gasteiger partial charge in [-0.2, -0.15) is 11.8 Å². The Morgan fingerprint density at radius 3 is 3.00 bits per heavy atom. The Bertz CT molecular complexity index is 151. The zero-order chi connectivity index (χ0) is 8.27. The molecule has 0 amide bonds. The monoisotopic (exact) mass is 175 g/mol. The maximum absolute atomic E-state index is 11.1. The van der Waals surface area contributed by atoms with Crippen LogP contribution in [0.4, 0.5) is 0 Å². The summed E-state index contributed by atoms with van der Waals surface area (Å²) >= 11 is 1.80. The molecule has 0 aromatic rings. The van der Waals surface area contributed by atoms with Crippen molar-refractivity contribution in [3.05, 3.63) is 0 Å². The van der Waals surface area contributed by atoms with Gasteiger partial charge in [0.05, 0.1) is 13.0 Å². The molecule has 0 aromatic carbocycles. The molecule has 1 aliphatic heterocycles. The average molecular weight is 175 g/mol. The van der Waals surface area contributed by atoms with Gasteiger partial charge in [0.15, 0.2) is 0 Å². The van der Waals surface area contributed by atoms with Crippen LogP contribution in [0.5, 0.6) is 0 Å². The fraction of sp³-hybridized carbons (Fsp3) is 0.857. The summed E-state index contributed by atoms with van der Waals surface area (Å²) in [6, 6.07) is -0.0128. The van der Waals surface area contributed by atoms with Gasteiger partial charge >= 0.3 is 5.97 Å². The van der Waals surface area contributed by atoms with Crippen LogP contribution < -0.4 is 5.73 Å². The number of hydrogen-bond donors (Lipinski definition) is 1. The molecular formula is C7H13NO2S. The molecule has 0 radical (unpaired) electrons. The second-order valence-corrected chi connectivity index (χ2v) is 3.81. The Morgan fingerprint density at radius 2 is 2.45 bits per heavy atom. The van der Waals surface area contributed by atoms with Gasteiger partial charge < -0.3 is 10.5 Å². The number of carbonyl (C=O) groups is 1. The van der Waals surface area contributed by atoms with E-state index in [1.807, 2.05) is 0 Å². The van der Waals surface area contributed by atoms with Crippen molar-refractivity contribution >= 4 is 17.7 Å². The molecule has 0 unspecified atom stereocenters. The molecule has 0 aliphatic carbocycles. The molecule has 0 bridgehead atoms. The lowest BCUT2D eigenvalue weighted by molar-refractivity contribution is -0.146. The lowest BCUT2D eigenvalue weighted by Gasteiger charge is -2.25. The summed E-state index contributed by atoms with van der Waals surface area (Å²) in [5.74, 6) is 1.67. The molecular weight excluding hydrogens is 162 g/mol. The van der Waals surface area contributed by atoms with E-state index in [9.17, 15) is 4.79 Å². The maximum Gasteiger partial charge on any atom is 0.310 e.